The average molecular weight is 455 g/mol. The third-order valence-electron chi connectivity index (χ3n) is 3.53. The second-order valence-corrected chi connectivity index (χ2v) is 5.85. The number of nitrogens with one attached hydrogen (secondary N) is 2. The van der Waals surface area contributed by atoms with Gasteiger partial charge in [-0.3, -0.25) is 5.84 Å². The maximum atomic E-state index is 9.08. The minimum atomic E-state index is -0.455. The van der Waals surface area contributed by atoms with E-state index in [1.165, 1.54) is 0 Å². The number of aliphatic hydroxyl groups is 2. The Balaban J connectivity index is -0.000000500. The van der Waals surface area contributed by atoms with Crippen LogP contribution in [0.4, 0.5) is 0 Å². The molecule has 0 radical (unpaired) electrons. The van der Waals surface area contributed by atoms with E-state index in [-0.39, 0.29) is 12.7 Å². The molecule has 0 amide bonds. The van der Waals surface area contributed by atoms with Crippen molar-refractivity contribution in [3.63, 3.8) is 0 Å². The number of hydrogen-bond donors (Lipinski definition) is 6. The number of ether oxygens (including phenoxy) is 4. The van der Waals surface area contributed by atoms with Crippen molar-refractivity contribution in [2.24, 2.45) is 11.6 Å². The van der Waals surface area contributed by atoms with Crippen molar-refractivity contribution < 1.29 is 29.2 Å². The van der Waals surface area contributed by atoms with Crippen molar-refractivity contribution in [3.8, 4) is 0 Å². The summed E-state index contributed by atoms with van der Waals surface area (Å²) in [6.07, 6.45) is 2.67. The van der Waals surface area contributed by atoms with E-state index >= 15 is 0 Å². The zero-order valence-corrected chi connectivity index (χ0v) is 20.4. The van der Waals surface area contributed by atoms with Crippen LogP contribution in [-0.4, -0.2) is 88.4 Å². The summed E-state index contributed by atoms with van der Waals surface area (Å²) >= 11 is 0. The van der Waals surface area contributed by atoms with E-state index in [0.29, 0.717) is 52.8 Å². The molecule has 2 unspecified atom stereocenters. The van der Waals surface area contributed by atoms with Crippen LogP contribution in [0.2, 0.25) is 0 Å². The van der Waals surface area contributed by atoms with Crippen molar-refractivity contribution >= 4 is 0 Å². The minimum absolute atomic E-state index is 0.0683. The molecule has 1 saturated heterocycles. The first kappa shape index (κ1) is 34.6. The van der Waals surface area contributed by atoms with Gasteiger partial charge >= 0.3 is 0 Å². The Hall–Kier alpha value is -0.980. The number of nitrogens with two attached hydrogens (primary N) is 2. The van der Waals surface area contributed by atoms with Gasteiger partial charge in [0.2, 0.25) is 0 Å². The van der Waals surface area contributed by atoms with E-state index in [1.54, 1.807) is 6.20 Å². The van der Waals surface area contributed by atoms with Crippen LogP contribution in [0.1, 0.15) is 47.5 Å². The summed E-state index contributed by atoms with van der Waals surface area (Å²) in [5.41, 5.74) is 8.66. The predicted molar refractivity (Wildman–Crippen MR) is 125 cm³/mol. The summed E-state index contributed by atoms with van der Waals surface area (Å²) in [7, 11) is 0. The van der Waals surface area contributed by atoms with Gasteiger partial charge in [0.15, 0.2) is 0 Å². The molecule has 1 aliphatic heterocycles. The molecule has 1 fully saturated rings. The molecule has 0 spiro atoms. The molecule has 0 aromatic carbocycles. The van der Waals surface area contributed by atoms with Crippen LogP contribution in [0.3, 0.4) is 0 Å². The Morgan fingerprint density at radius 1 is 1.03 bits per heavy atom. The number of allylic oxidation sites excluding steroid dienone is 1. The van der Waals surface area contributed by atoms with E-state index in [1.807, 2.05) is 34.6 Å². The molecule has 10 nitrogen and oxygen atoms in total. The molecule has 0 aromatic heterocycles. The second-order valence-electron chi connectivity index (χ2n) is 5.85. The van der Waals surface area contributed by atoms with Crippen LogP contribution >= 0.6 is 0 Å². The second kappa shape index (κ2) is 31.2. The van der Waals surface area contributed by atoms with Crippen LogP contribution < -0.4 is 22.3 Å². The topological polar surface area (TPSA) is 153 Å². The van der Waals surface area contributed by atoms with Crippen molar-refractivity contribution in [2.75, 3.05) is 65.9 Å². The third kappa shape index (κ3) is 27.0. The Labute approximate surface area is 189 Å². The molecule has 31 heavy (non-hydrogen) atoms. The van der Waals surface area contributed by atoms with Crippen LogP contribution in [-0.2, 0) is 18.9 Å². The van der Waals surface area contributed by atoms with Gasteiger partial charge in [0, 0.05) is 31.6 Å². The fraction of sp³-hybridized carbons (Fsp3) is 0.905. The van der Waals surface area contributed by atoms with E-state index in [0.717, 1.165) is 25.1 Å². The number of aliphatic hydroxyl groups excluding tert-OH is 2. The molecular weight excluding hydrogens is 404 g/mol. The normalized spacial score (nSPS) is 17.8. The SMILES string of the molecule is C/C(=C/NCCOCCOCCOCCN)NN.CC.CC.OCC1OCCCC1O. The Bertz CT molecular complexity index is 352. The lowest BCUT2D eigenvalue weighted by Crippen LogP contribution is -2.36. The van der Waals surface area contributed by atoms with Crippen LogP contribution in [0.15, 0.2) is 11.9 Å². The first-order chi connectivity index (χ1) is 15.2. The van der Waals surface area contributed by atoms with E-state index in [2.05, 4.69) is 10.7 Å². The van der Waals surface area contributed by atoms with E-state index in [4.69, 9.17) is 40.7 Å². The third-order valence-corrected chi connectivity index (χ3v) is 3.53. The highest BCUT2D eigenvalue weighted by molar-refractivity contribution is 4.91. The summed E-state index contributed by atoms with van der Waals surface area (Å²) in [6.45, 7) is 15.3. The van der Waals surface area contributed by atoms with Gasteiger partial charge in [0.25, 0.3) is 0 Å². The summed E-state index contributed by atoms with van der Waals surface area (Å²) < 4.78 is 20.8. The summed E-state index contributed by atoms with van der Waals surface area (Å²) in [4.78, 5) is 0. The maximum Gasteiger partial charge on any atom is 0.106 e. The molecule has 1 heterocycles. The van der Waals surface area contributed by atoms with Crippen LogP contribution in [0.25, 0.3) is 0 Å². The fourth-order valence-corrected chi connectivity index (χ4v) is 2.02. The molecule has 0 aliphatic carbocycles. The van der Waals surface area contributed by atoms with Crippen molar-refractivity contribution in [1.29, 1.82) is 0 Å². The van der Waals surface area contributed by atoms with Gasteiger partial charge in [-0.2, -0.15) is 0 Å². The number of hydrogen-bond acceptors (Lipinski definition) is 10. The minimum Gasteiger partial charge on any atom is -0.394 e. The van der Waals surface area contributed by atoms with Crippen molar-refractivity contribution in [1.82, 2.24) is 10.7 Å². The molecule has 0 aromatic rings. The molecule has 0 saturated carbocycles. The van der Waals surface area contributed by atoms with Gasteiger partial charge in [-0.25, -0.2) is 0 Å². The predicted octanol–water partition coefficient (Wildman–Crippen LogP) is 0.480. The van der Waals surface area contributed by atoms with Crippen molar-refractivity contribution in [3.05, 3.63) is 11.9 Å². The largest absolute Gasteiger partial charge is 0.394 e. The van der Waals surface area contributed by atoms with Gasteiger partial charge in [0.05, 0.1) is 52.4 Å². The fourth-order valence-electron chi connectivity index (χ4n) is 2.02. The number of hydrazine groups is 1. The lowest BCUT2D eigenvalue weighted by molar-refractivity contribution is -0.0942. The zero-order valence-electron chi connectivity index (χ0n) is 20.4. The average Bonchev–Trinajstić information content (AvgIpc) is 2.83. The lowest BCUT2D eigenvalue weighted by atomic mass is 10.1. The van der Waals surface area contributed by atoms with E-state index in [9.17, 15) is 0 Å². The molecular formula is C21H50N4O6. The number of rotatable bonds is 14. The lowest BCUT2D eigenvalue weighted by Gasteiger charge is -2.25. The molecule has 1 aliphatic rings. The highest BCUT2D eigenvalue weighted by Crippen LogP contribution is 2.12. The smallest absolute Gasteiger partial charge is 0.106 e. The van der Waals surface area contributed by atoms with Crippen LogP contribution in [0.5, 0.6) is 0 Å². The van der Waals surface area contributed by atoms with Gasteiger partial charge in [-0.05, 0) is 19.8 Å². The van der Waals surface area contributed by atoms with Gasteiger partial charge in [-0.15, -0.1) is 0 Å². The summed E-state index contributed by atoms with van der Waals surface area (Å²) in [6, 6.07) is 0. The first-order valence-corrected chi connectivity index (χ1v) is 11.4. The van der Waals surface area contributed by atoms with Crippen LogP contribution in [0, 0.1) is 0 Å². The summed E-state index contributed by atoms with van der Waals surface area (Å²) in [5, 5.41) is 20.7. The van der Waals surface area contributed by atoms with Gasteiger partial charge < -0.3 is 45.6 Å². The standard InChI is InChI=1S/C11H26N4O3.C6H12O3.2C2H6/c1-11(15-13)10-14-3-5-17-7-9-18-8-6-16-4-2-12;7-4-6-5(8)2-1-3-9-6;2*1-2/h10,14-15H,2-9,12-13H2,1H3;5-8H,1-4H2;2*1-2H3/b11-10-;;;. The Morgan fingerprint density at radius 3 is 2.03 bits per heavy atom. The van der Waals surface area contributed by atoms with Crippen molar-refractivity contribution in [2.45, 2.75) is 59.7 Å². The highest BCUT2D eigenvalue weighted by Gasteiger charge is 2.22. The quantitative estimate of drug-likeness (QED) is 0.124. The molecule has 2 atom stereocenters. The Kier molecular flexibility index (Phi) is 34.9. The monoisotopic (exact) mass is 454 g/mol. The zero-order chi connectivity index (χ0) is 24.2. The molecule has 1 rings (SSSR count). The summed E-state index contributed by atoms with van der Waals surface area (Å²) in [5.74, 6) is 5.19. The molecule has 190 valence electrons. The van der Waals surface area contributed by atoms with Gasteiger partial charge in [-0.1, -0.05) is 27.7 Å². The van der Waals surface area contributed by atoms with E-state index < -0.39 is 6.10 Å². The highest BCUT2D eigenvalue weighted by atomic mass is 16.5. The molecule has 8 N–H and O–H groups in total. The Morgan fingerprint density at radius 2 is 1.58 bits per heavy atom. The van der Waals surface area contributed by atoms with Gasteiger partial charge in [0.1, 0.15) is 6.10 Å². The molecule has 0 bridgehead atoms. The molecule has 10 heteroatoms. The maximum absolute atomic E-state index is 9.08. The first-order valence-electron chi connectivity index (χ1n) is 11.4.